The maximum atomic E-state index is 4.83. The molecule has 0 saturated heterocycles. The minimum Gasteiger partial charge on any atom is -0.244 e. The van der Waals surface area contributed by atoms with Crippen LogP contribution in [-0.4, -0.2) is 19.9 Å². The molecule has 0 aliphatic heterocycles. The van der Waals surface area contributed by atoms with Crippen molar-refractivity contribution in [3.63, 3.8) is 0 Å². The van der Waals surface area contributed by atoms with Crippen molar-refractivity contribution in [3.05, 3.63) is 121 Å². The Bertz CT molecular complexity index is 2020. The molecule has 0 fully saturated rings. The molecule has 6 aromatic carbocycles. The molecule has 2 aromatic heterocycles. The predicted molar refractivity (Wildman–Crippen MR) is 220 cm³/mol. The lowest BCUT2D eigenvalue weighted by molar-refractivity contribution is 1.32. The number of hydrogen-bond donors (Lipinski definition) is 0. The Morgan fingerprint density at radius 2 is 0.480 bits per heavy atom. The van der Waals surface area contributed by atoms with Crippen molar-refractivity contribution in [2.75, 3.05) is 0 Å². The van der Waals surface area contributed by atoms with E-state index < -0.39 is 0 Å². The SMILES string of the molecule is CC.CC.CC.CC.CC.c1cc2c3c(cccc3c1)-c1nc3ccccc3nc1-2.c1cc2c3c(cccc3c1)-c1nc3ccccc3nc1-2. The number of benzene rings is 6. The van der Waals surface area contributed by atoms with Gasteiger partial charge in [-0.05, 0) is 35.0 Å². The Labute approximate surface area is 298 Å². The summed E-state index contributed by atoms with van der Waals surface area (Å²) in [7, 11) is 0. The van der Waals surface area contributed by atoms with Crippen molar-refractivity contribution in [3.8, 4) is 45.0 Å². The highest BCUT2D eigenvalue weighted by atomic mass is 14.8. The molecule has 254 valence electrons. The third-order valence-corrected chi connectivity index (χ3v) is 7.97. The summed E-state index contributed by atoms with van der Waals surface area (Å²) in [6.45, 7) is 20.0. The van der Waals surface area contributed by atoms with Crippen molar-refractivity contribution in [2.24, 2.45) is 0 Å². The number of para-hydroxylation sites is 4. The molecule has 8 aromatic rings. The zero-order valence-corrected chi connectivity index (χ0v) is 31.3. The molecule has 2 aliphatic carbocycles. The quantitative estimate of drug-likeness (QED) is 0.163. The first-order chi connectivity index (χ1) is 24.8. The van der Waals surface area contributed by atoms with Gasteiger partial charge in [-0.2, -0.15) is 0 Å². The van der Waals surface area contributed by atoms with Gasteiger partial charge in [0.2, 0.25) is 0 Å². The van der Waals surface area contributed by atoms with Crippen LogP contribution in [0, 0.1) is 0 Å². The topological polar surface area (TPSA) is 51.6 Å². The lowest BCUT2D eigenvalue weighted by atomic mass is 10.0. The van der Waals surface area contributed by atoms with Gasteiger partial charge in [-0.1, -0.05) is 166 Å². The standard InChI is InChI=1S/2C18H10N2.5C2H6/c2*1-2-10-15-14(9-1)19-17-12-7-3-5-11-6-4-8-13(16(11)12)18(17)20-15;5*1-2/h2*1-10H;5*1-2H3. The van der Waals surface area contributed by atoms with Crippen LogP contribution in [0.3, 0.4) is 0 Å². The molecule has 50 heavy (non-hydrogen) atoms. The lowest BCUT2D eigenvalue weighted by Crippen LogP contribution is -1.89. The highest BCUT2D eigenvalue weighted by Crippen LogP contribution is 2.46. The summed E-state index contributed by atoms with van der Waals surface area (Å²) >= 11 is 0. The first-order valence-electron chi connectivity index (χ1n) is 18.4. The highest BCUT2D eigenvalue weighted by molar-refractivity contribution is 6.15. The second-order valence-electron chi connectivity index (χ2n) is 10.2. The summed E-state index contributed by atoms with van der Waals surface area (Å²) in [6, 6.07) is 41.6. The summed E-state index contributed by atoms with van der Waals surface area (Å²) < 4.78 is 0. The van der Waals surface area contributed by atoms with Crippen LogP contribution in [0.15, 0.2) is 121 Å². The second kappa shape index (κ2) is 17.8. The van der Waals surface area contributed by atoms with Crippen LogP contribution in [0.2, 0.25) is 0 Å². The van der Waals surface area contributed by atoms with Gasteiger partial charge in [0.25, 0.3) is 0 Å². The van der Waals surface area contributed by atoms with Gasteiger partial charge >= 0.3 is 0 Å². The minimum absolute atomic E-state index is 0.955. The zero-order valence-electron chi connectivity index (χ0n) is 31.3. The normalized spacial score (nSPS) is 10.2. The molecule has 0 radical (unpaired) electrons. The van der Waals surface area contributed by atoms with Crippen molar-refractivity contribution in [1.29, 1.82) is 0 Å². The molecular formula is C46H50N4. The van der Waals surface area contributed by atoms with E-state index in [9.17, 15) is 0 Å². The smallest absolute Gasteiger partial charge is 0.0979 e. The third-order valence-electron chi connectivity index (χ3n) is 7.97. The van der Waals surface area contributed by atoms with Gasteiger partial charge in [-0.25, -0.2) is 19.9 Å². The molecule has 10 rings (SSSR count). The maximum absolute atomic E-state index is 4.83. The van der Waals surface area contributed by atoms with Crippen LogP contribution >= 0.6 is 0 Å². The van der Waals surface area contributed by atoms with Crippen LogP contribution in [0.5, 0.6) is 0 Å². The van der Waals surface area contributed by atoms with Gasteiger partial charge < -0.3 is 0 Å². The molecule has 0 amide bonds. The van der Waals surface area contributed by atoms with Crippen LogP contribution in [0.1, 0.15) is 69.2 Å². The van der Waals surface area contributed by atoms with E-state index in [0.29, 0.717) is 0 Å². The summed E-state index contributed by atoms with van der Waals surface area (Å²) in [5.74, 6) is 0. The van der Waals surface area contributed by atoms with Gasteiger partial charge in [0.05, 0.1) is 44.8 Å². The first kappa shape index (κ1) is 37.3. The Kier molecular flexibility index (Phi) is 13.3. The average molecular weight is 659 g/mol. The molecule has 4 heteroatoms. The van der Waals surface area contributed by atoms with Crippen molar-refractivity contribution in [1.82, 2.24) is 19.9 Å². The fourth-order valence-corrected chi connectivity index (χ4v) is 6.22. The van der Waals surface area contributed by atoms with E-state index in [1.165, 1.54) is 43.8 Å². The molecule has 0 spiro atoms. The average Bonchev–Trinajstić information content (AvgIpc) is 3.71. The summed E-state index contributed by atoms with van der Waals surface area (Å²) in [5.41, 5.74) is 12.7. The second-order valence-corrected chi connectivity index (χ2v) is 10.2. The fourth-order valence-electron chi connectivity index (χ4n) is 6.22. The largest absolute Gasteiger partial charge is 0.244 e. The highest BCUT2D eigenvalue weighted by Gasteiger charge is 2.25. The van der Waals surface area contributed by atoms with Gasteiger partial charge in [0.15, 0.2) is 0 Å². The molecule has 0 saturated carbocycles. The van der Waals surface area contributed by atoms with E-state index in [-0.39, 0.29) is 0 Å². The number of rotatable bonds is 0. The number of fused-ring (bicyclic) bond motifs is 8. The molecule has 2 heterocycles. The number of nitrogens with zero attached hydrogens (tertiary/aromatic N) is 4. The zero-order chi connectivity index (χ0) is 36.2. The monoisotopic (exact) mass is 658 g/mol. The van der Waals surface area contributed by atoms with Crippen LogP contribution in [-0.2, 0) is 0 Å². The lowest BCUT2D eigenvalue weighted by Gasteiger charge is -2.02. The van der Waals surface area contributed by atoms with Crippen molar-refractivity contribution >= 4 is 43.6 Å². The van der Waals surface area contributed by atoms with E-state index in [1.807, 2.05) is 118 Å². The molecule has 2 aliphatic rings. The van der Waals surface area contributed by atoms with E-state index in [2.05, 4.69) is 72.8 Å². The van der Waals surface area contributed by atoms with Crippen molar-refractivity contribution in [2.45, 2.75) is 69.2 Å². The van der Waals surface area contributed by atoms with E-state index in [1.54, 1.807) is 0 Å². The maximum Gasteiger partial charge on any atom is 0.0979 e. The summed E-state index contributed by atoms with van der Waals surface area (Å²) in [5, 5.41) is 5.06. The molecule has 4 nitrogen and oxygen atoms in total. The Hall–Kier alpha value is -5.48. The van der Waals surface area contributed by atoms with Gasteiger partial charge in [-0.15, -0.1) is 0 Å². The molecule has 0 atom stereocenters. The first-order valence-corrected chi connectivity index (χ1v) is 18.4. The van der Waals surface area contributed by atoms with Crippen LogP contribution in [0.25, 0.3) is 88.6 Å². The van der Waals surface area contributed by atoms with Gasteiger partial charge in [0, 0.05) is 33.0 Å². The van der Waals surface area contributed by atoms with Gasteiger partial charge in [0.1, 0.15) is 0 Å². The molecule has 0 N–H and O–H groups in total. The Balaban J connectivity index is 0.000000181. The van der Waals surface area contributed by atoms with E-state index >= 15 is 0 Å². The summed E-state index contributed by atoms with van der Waals surface area (Å²) in [6.07, 6.45) is 0. The predicted octanol–water partition coefficient (Wildman–Crippen LogP) is 14.0. The summed E-state index contributed by atoms with van der Waals surface area (Å²) in [4.78, 5) is 19.3. The third kappa shape index (κ3) is 6.71. The van der Waals surface area contributed by atoms with E-state index in [0.717, 1.165) is 44.8 Å². The van der Waals surface area contributed by atoms with E-state index in [4.69, 9.17) is 19.9 Å². The Morgan fingerprint density at radius 3 is 0.700 bits per heavy atom. The Morgan fingerprint density at radius 1 is 0.260 bits per heavy atom. The number of hydrogen-bond acceptors (Lipinski definition) is 4. The number of aromatic nitrogens is 4. The van der Waals surface area contributed by atoms with Crippen LogP contribution < -0.4 is 0 Å². The molecule has 0 bridgehead atoms. The fraction of sp³-hybridized carbons (Fsp3) is 0.217. The minimum atomic E-state index is 0.955. The van der Waals surface area contributed by atoms with Crippen LogP contribution in [0.4, 0.5) is 0 Å². The molecular weight excluding hydrogens is 609 g/mol. The van der Waals surface area contributed by atoms with Crippen molar-refractivity contribution < 1.29 is 0 Å². The van der Waals surface area contributed by atoms with Gasteiger partial charge in [-0.3, -0.25) is 0 Å². The molecule has 0 unspecified atom stereocenters.